The molecule has 0 saturated heterocycles. The van der Waals surface area contributed by atoms with Gasteiger partial charge in [0.1, 0.15) is 0 Å². The Morgan fingerprint density at radius 2 is 0.688 bits per heavy atom. The van der Waals surface area contributed by atoms with Gasteiger partial charge in [0.05, 0.1) is 27.8 Å². The highest BCUT2D eigenvalue weighted by molar-refractivity contribution is 6.26. The summed E-state index contributed by atoms with van der Waals surface area (Å²) in [5.74, 6) is 0. The molecule has 2 aliphatic carbocycles. The van der Waals surface area contributed by atoms with E-state index >= 15 is 0 Å². The molecule has 370 valence electrons. The zero-order chi connectivity index (χ0) is 52.5. The van der Waals surface area contributed by atoms with Crippen LogP contribution in [-0.4, -0.2) is 9.55 Å². The fourth-order valence-corrected chi connectivity index (χ4v) is 14.2. The van der Waals surface area contributed by atoms with Gasteiger partial charge in [0.2, 0.25) is 0 Å². The monoisotopic (exact) mass is 1010 g/mol. The van der Waals surface area contributed by atoms with E-state index in [1.54, 1.807) is 0 Å². The molecule has 0 saturated carbocycles. The summed E-state index contributed by atoms with van der Waals surface area (Å²) in [6, 6.07) is 108. The fourth-order valence-electron chi connectivity index (χ4n) is 14.2. The third-order valence-corrected chi connectivity index (χ3v) is 17.6. The number of fused-ring (bicyclic) bond motifs is 19. The molecule has 0 bridgehead atoms. The van der Waals surface area contributed by atoms with Gasteiger partial charge in [-0.2, -0.15) is 0 Å². The van der Waals surface area contributed by atoms with E-state index in [4.69, 9.17) is 4.98 Å². The molecular weight excluding hydrogens is 965 g/mol. The second-order valence-corrected chi connectivity index (χ2v) is 21.7. The molecule has 0 atom stereocenters. The first kappa shape index (κ1) is 44.7. The van der Waals surface area contributed by atoms with Gasteiger partial charge in [0.15, 0.2) is 0 Å². The average molecular weight is 1010 g/mol. The van der Waals surface area contributed by atoms with E-state index in [1.807, 2.05) is 0 Å². The number of benzene rings is 13. The van der Waals surface area contributed by atoms with Crippen LogP contribution in [0.3, 0.4) is 0 Å². The van der Waals surface area contributed by atoms with Crippen LogP contribution in [0.2, 0.25) is 0 Å². The molecule has 0 radical (unpaired) electrons. The van der Waals surface area contributed by atoms with Crippen LogP contribution in [-0.2, 0) is 5.41 Å². The van der Waals surface area contributed by atoms with Crippen LogP contribution in [0.1, 0.15) is 22.3 Å². The van der Waals surface area contributed by atoms with Gasteiger partial charge in [-0.05, 0) is 159 Å². The molecule has 80 heavy (non-hydrogen) atoms. The maximum absolute atomic E-state index is 5.90. The Bertz CT molecular complexity index is 4980. The van der Waals surface area contributed by atoms with Crippen molar-refractivity contribution in [1.82, 2.24) is 9.55 Å². The van der Waals surface area contributed by atoms with E-state index in [1.165, 1.54) is 98.7 Å². The summed E-state index contributed by atoms with van der Waals surface area (Å²) in [5.41, 5.74) is 24.1. The Kier molecular flexibility index (Phi) is 9.66. The Morgan fingerprint density at radius 1 is 0.237 bits per heavy atom. The standard InChI is InChI=1S/C78H48N2/c1-3-20-49(21-4-1)52-39-41-65-64-30-14-18-37-75(64)80(76(65)48-52)56-43-53(51-38-40-61-59-26-8-7-24-57(59)58-25-9-10-27-60(58)68(61)45-51)42-55(44-56)73-46-54(50-22-5-2-6-23-50)47-74(79-73)67-32-19-36-72-77(67)66-31-13-17-35-71(66)78(72)69-33-15-11-28-62(69)63-29-12-16-34-70(63)78/h1-48H. The Hall–Kier alpha value is -10.4. The fraction of sp³-hybridized carbons (Fsp3) is 0.0128. The molecule has 2 aliphatic rings. The van der Waals surface area contributed by atoms with Crippen LogP contribution >= 0.6 is 0 Å². The molecular formula is C78H48N2. The predicted octanol–water partition coefficient (Wildman–Crippen LogP) is 20.3. The minimum absolute atomic E-state index is 0.474. The van der Waals surface area contributed by atoms with Crippen molar-refractivity contribution in [3.05, 3.63) is 313 Å². The molecule has 0 N–H and O–H groups in total. The lowest BCUT2D eigenvalue weighted by Gasteiger charge is -2.30. The zero-order valence-electron chi connectivity index (χ0n) is 43.6. The van der Waals surface area contributed by atoms with E-state index in [9.17, 15) is 0 Å². The number of rotatable bonds is 6. The Morgan fingerprint density at radius 3 is 1.36 bits per heavy atom. The minimum Gasteiger partial charge on any atom is -0.309 e. The number of pyridine rings is 1. The van der Waals surface area contributed by atoms with Gasteiger partial charge >= 0.3 is 0 Å². The quantitative estimate of drug-likeness (QED) is 0.152. The lowest BCUT2D eigenvalue weighted by Crippen LogP contribution is -2.25. The van der Waals surface area contributed by atoms with Crippen molar-refractivity contribution in [2.75, 3.05) is 0 Å². The molecule has 15 aromatic rings. The molecule has 13 aromatic carbocycles. The second kappa shape index (κ2) is 17.3. The van der Waals surface area contributed by atoms with Crippen molar-refractivity contribution < 1.29 is 0 Å². The summed E-state index contributed by atoms with van der Waals surface area (Å²) in [5, 5.41) is 9.97. The summed E-state index contributed by atoms with van der Waals surface area (Å²) in [7, 11) is 0. The molecule has 2 heterocycles. The Labute approximate surface area is 463 Å². The minimum atomic E-state index is -0.474. The number of aromatic nitrogens is 2. The second-order valence-electron chi connectivity index (χ2n) is 21.7. The summed E-state index contributed by atoms with van der Waals surface area (Å²) in [6.07, 6.45) is 0. The molecule has 0 fully saturated rings. The number of para-hydroxylation sites is 1. The maximum atomic E-state index is 5.90. The maximum Gasteiger partial charge on any atom is 0.0725 e. The van der Waals surface area contributed by atoms with Gasteiger partial charge in [-0.3, -0.25) is 0 Å². The first-order valence-corrected chi connectivity index (χ1v) is 27.8. The van der Waals surface area contributed by atoms with Gasteiger partial charge in [-0.15, -0.1) is 0 Å². The van der Waals surface area contributed by atoms with E-state index in [-0.39, 0.29) is 0 Å². The molecule has 2 heteroatoms. The van der Waals surface area contributed by atoms with Crippen molar-refractivity contribution in [3.63, 3.8) is 0 Å². The predicted molar refractivity (Wildman–Crippen MR) is 335 cm³/mol. The zero-order valence-corrected chi connectivity index (χ0v) is 43.6. The van der Waals surface area contributed by atoms with Gasteiger partial charge in [0, 0.05) is 27.6 Å². The third kappa shape index (κ3) is 6.45. The normalized spacial score (nSPS) is 12.8. The molecule has 0 amide bonds. The highest BCUT2D eigenvalue weighted by Crippen LogP contribution is 2.64. The molecule has 0 aliphatic heterocycles. The first-order chi connectivity index (χ1) is 39.7. The number of hydrogen-bond donors (Lipinski definition) is 0. The topological polar surface area (TPSA) is 17.8 Å². The van der Waals surface area contributed by atoms with Crippen LogP contribution in [0.5, 0.6) is 0 Å². The molecule has 2 aromatic heterocycles. The smallest absolute Gasteiger partial charge is 0.0725 e. The molecule has 2 nitrogen and oxygen atoms in total. The summed E-state index contributed by atoms with van der Waals surface area (Å²) < 4.78 is 2.48. The lowest BCUT2D eigenvalue weighted by molar-refractivity contribution is 0.794. The van der Waals surface area contributed by atoms with Gasteiger partial charge in [-0.1, -0.05) is 243 Å². The highest BCUT2D eigenvalue weighted by atomic mass is 15.0. The summed E-state index contributed by atoms with van der Waals surface area (Å²) >= 11 is 0. The van der Waals surface area contributed by atoms with Crippen molar-refractivity contribution in [2.45, 2.75) is 5.41 Å². The van der Waals surface area contributed by atoms with Crippen molar-refractivity contribution in [1.29, 1.82) is 0 Å². The molecule has 0 unspecified atom stereocenters. The van der Waals surface area contributed by atoms with Crippen LogP contribution in [0.25, 0.3) is 138 Å². The van der Waals surface area contributed by atoms with Crippen LogP contribution in [0, 0.1) is 0 Å². The molecule has 1 spiro atoms. The van der Waals surface area contributed by atoms with E-state index in [0.717, 1.165) is 61.5 Å². The highest BCUT2D eigenvalue weighted by Gasteiger charge is 2.52. The molecule has 17 rings (SSSR count). The van der Waals surface area contributed by atoms with Gasteiger partial charge in [0.25, 0.3) is 0 Å². The SMILES string of the molecule is c1ccc(-c2cc(-c3cc(-c4ccc5c6ccccc6c6ccccc6c5c4)cc(-n4c5ccccc5c5ccc(-c6ccccc6)cc54)c3)nc(-c3cccc4c3-c3ccccc3C43c4ccccc4-c4ccccc43)c2)cc1. The van der Waals surface area contributed by atoms with E-state index in [2.05, 4.69) is 296 Å². The van der Waals surface area contributed by atoms with Gasteiger partial charge in [-0.25, -0.2) is 4.98 Å². The lowest BCUT2D eigenvalue weighted by atomic mass is 9.70. The summed E-state index contributed by atoms with van der Waals surface area (Å²) in [6.45, 7) is 0. The van der Waals surface area contributed by atoms with Crippen LogP contribution in [0.15, 0.2) is 291 Å². The van der Waals surface area contributed by atoms with Crippen molar-refractivity contribution in [3.8, 4) is 83.8 Å². The Balaban J connectivity index is 0.943. The average Bonchev–Trinajstić information content (AvgIpc) is 4.36. The van der Waals surface area contributed by atoms with Crippen LogP contribution < -0.4 is 0 Å². The van der Waals surface area contributed by atoms with E-state index < -0.39 is 5.41 Å². The number of nitrogens with zero attached hydrogens (tertiary/aromatic N) is 2. The largest absolute Gasteiger partial charge is 0.309 e. The van der Waals surface area contributed by atoms with E-state index in [0.29, 0.717) is 0 Å². The van der Waals surface area contributed by atoms with Crippen molar-refractivity contribution >= 4 is 54.1 Å². The third-order valence-electron chi connectivity index (χ3n) is 17.6. The van der Waals surface area contributed by atoms with Gasteiger partial charge < -0.3 is 4.57 Å². The first-order valence-electron chi connectivity index (χ1n) is 27.8. The number of hydrogen-bond acceptors (Lipinski definition) is 1. The van der Waals surface area contributed by atoms with Crippen LogP contribution in [0.4, 0.5) is 0 Å². The van der Waals surface area contributed by atoms with Crippen molar-refractivity contribution in [2.24, 2.45) is 0 Å². The summed E-state index contributed by atoms with van der Waals surface area (Å²) in [4.78, 5) is 5.90.